The smallest absolute Gasteiger partial charge is 0.0249 e. The number of aryl methyl sites for hydroxylation is 1. The maximum Gasteiger partial charge on any atom is 0.0249 e. The Kier molecular flexibility index (Phi) is 6.27. The van der Waals surface area contributed by atoms with Crippen molar-refractivity contribution in [2.45, 2.75) is 26.7 Å². The molecule has 2 rings (SSSR count). The monoisotopic (exact) mass is 286 g/mol. The first kappa shape index (κ1) is 15.9. The van der Waals surface area contributed by atoms with E-state index in [1.54, 1.807) is 0 Å². The first-order chi connectivity index (χ1) is 10.8. The third-order valence-electron chi connectivity index (χ3n) is 3.41. The van der Waals surface area contributed by atoms with Gasteiger partial charge in [-0.05, 0) is 62.1 Å². The number of allylic oxidation sites excluding steroid dienone is 3. The Labute approximate surface area is 134 Å². The molecule has 0 N–H and O–H groups in total. The normalized spacial score (nSPS) is 10.8. The van der Waals surface area contributed by atoms with Crippen molar-refractivity contribution in [3.05, 3.63) is 89.0 Å². The molecule has 0 heteroatoms. The molecule has 0 spiro atoms. The molecule has 0 aromatic heterocycles. The maximum absolute atomic E-state index is 3.22. The molecule has 0 bridgehead atoms. The molecule has 0 aliphatic heterocycles. The van der Waals surface area contributed by atoms with Crippen LogP contribution < -0.4 is 0 Å². The van der Waals surface area contributed by atoms with Crippen molar-refractivity contribution < 1.29 is 0 Å². The van der Waals surface area contributed by atoms with Crippen molar-refractivity contribution in [2.24, 2.45) is 0 Å². The molecule has 0 fully saturated rings. The summed E-state index contributed by atoms with van der Waals surface area (Å²) in [6, 6.07) is 16.9. The number of benzene rings is 2. The van der Waals surface area contributed by atoms with Crippen LogP contribution in [0.3, 0.4) is 0 Å². The summed E-state index contributed by atoms with van der Waals surface area (Å²) in [5.41, 5.74) is 4.68. The van der Waals surface area contributed by atoms with Crippen LogP contribution >= 0.6 is 0 Å². The lowest BCUT2D eigenvalue weighted by atomic mass is 10.1. The van der Waals surface area contributed by atoms with Crippen LogP contribution in [-0.2, 0) is 6.42 Å². The molecule has 110 valence electrons. The molecule has 0 atom stereocenters. The molecule has 0 aliphatic carbocycles. The van der Waals surface area contributed by atoms with Gasteiger partial charge in [-0.3, -0.25) is 0 Å². The van der Waals surface area contributed by atoms with Crippen molar-refractivity contribution in [3.8, 4) is 11.8 Å². The minimum absolute atomic E-state index is 1.05. The quantitative estimate of drug-likeness (QED) is 0.505. The van der Waals surface area contributed by atoms with Crippen LogP contribution in [0, 0.1) is 11.8 Å². The van der Waals surface area contributed by atoms with E-state index in [1.165, 1.54) is 11.1 Å². The Morgan fingerprint density at radius 2 is 1.36 bits per heavy atom. The fourth-order valence-corrected chi connectivity index (χ4v) is 2.19. The number of rotatable bonds is 4. The summed E-state index contributed by atoms with van der Waals surface area (Å²) in [7, 11) is 0. The Morgan fingerprint density at radius 1 is 0.773 bits per heavy atom. The van der Waals surface area contributed by atoms with Crippen molar-refractivity contribution >= 4 is 6.08 Å². The SMILES string of the molecule is C/C=C/CCc1ccc(C#Cc2ccc(/C=C/C)cc2)cc1. The second-order valence-electron chi connectivity index (χ2n) is 5.18. The predicted molar refractivity (Wildman–Crippen MR) is 96.7 cm³/mol. The topological polar surface area (TPSA) is 0 Å². The molecule has 0 saturated heterocycles. The van der Waals surface area contributed by atoms with Gasteiger partial charge in [0, 0.05) is 11.1 Å². The zero-order valence-corrected chi connectivity index (χ0v) is 13.3. The molecule has 0 amide bonds. The van der Waals surface area contributed by atoms with Gasteiger partial charge in [0.25, 0.3) is 0 Å². The van der Waals surface area contributed by atoms with Crippen molar-refractivity contribution in [2.75, 3.05) is 0 Å². The van der Waals surface area contributed by atoms with Gasteiger partial charge in [-0.25, -0.2) is 0 Å². The lowest BCUT2D eigenvalue weighted by Gasteiger charge is -1.98. The second kappa shape index (κ2) is 8.70. The molecule has 0 radical (unpaired) electrons. The highest BCUT2D eigenvalue weighted by Crippen LogP contribution is 2.08. The zero-order valence-electron chi connectivity index (χ0n) is 13.3. The molecular formula is C22H22. The van der Waals surface area contributed by atoms with E-state index in [0.29, 0.717) is 0 Å². The Bertz CT molecular complexity index is 686. The summed E-state index contributed by atoms with van der Waals surface area (Å²) in [4.78, 5) is 0. The minimum Gasteiger partial charge on any atom is -0.0917 e. The fourth-order valence-electron chi connectivity index (χ4n) is 2.19. The predicted octanol–water partition coefficient (Wildman–Crippen LogP) is 5.63. The highest BCUT2D eigenvalue weighted by Gasteiger charge is 1.92. The van der Waals surface area contributed by atoms with E-state index in [-0.39, 0.29) is 0 Å². The van der Waals surface area contributed by atoms with Crippen LogP contribution in [0.4, 0.5) is 0 Å². The second-order valence-corrected chi connectivity index (χ2v) is 5.18. The summed E-state index contributed by atoms with van der Waals surface area (Å²) in [6.07, 6.45) is 10.6. The van der Waals surface area contributed by atoms with E-state index in [4.69, 9.17) is 0 Å². The van der Waals surface area contributed by atoms with E-state index in [0.717, 1.165) is 24.0 Å². The standard InChI is InChI=1S/C22H22/c1-3-5-6-8-20-11-15-22(16-12-20)18-17-21-13-9-19(7-4-2)10-14-21/h3-5,7,9-16H,6,8H2,1-2H3/b5-3+,7-4+. The van der Waals surface area contributed by atoms with Gasteiger partial charge in [0.2, 0.25) is 0 Å². The highest BCUT2D eigenvalue weighted by atomic mass is 14.0. The van der Waals surface area contributed by atoms with Crippen molar-refractivity contribution in [1.29, 1.82) is 0 Å². The summed E-state index contributed by atoms with van der Waals surface area (Å²) in [5, 5.41) is 0. The van der Waals surface area contributed by atoms with Crippen LogP contribution in [0.5, 0.6) is 0 Å². The van der Waals surface area contributed by atoms with Crippen LogP contribution in [-0.4, -0.2) is 0 Å². The van der Waals surface area contributed by atoms with Crippen LogP contribution in [0.15, 0.2) is 66.8 Å². The highest BCUT2D eigenvalue weighted by molar-refractivity contribution is 5.52. The van der Waals surface area contributed by atoms with Gasteiger partial charge in [-0.2, -0.15) is 0 Å². The zero-order chi connectivity index (χ0) is 15.6. The first-order valence-corrected chi connectivity index (χ1v) is 7.76. The Balaban J connectivity index is 2.01. The van der Waals surface area contributed by atoms with E-state index < -0.39 is 0 Å². The van der Waals surface area contributed by atoms with Gasteiger partial charge in [0.1, 0.15) is 0 Å². The molecule has 0 aliphatic rings. The lowest BCUT2D eigenvalue weighted by molar-refractivity contribution is 0.999. The maximum atomic E-state index is 3.22. The van der Waals surface area contributed by atoms with Crippen LogP contribution in [0.1, 0.15) is 42.5 Å². The van der Waals surface area contributed by atoms with E-state index >= 15 is 0 Å². The van der Waals surface area contributed by atoms with E-state index in [1.807, 2.05) is 13.0 Å². The molecule has 0 saturated carbocycles. The average molecular weight is 286 g/mol. The van der Waals surface area contributed by atoms with Gasteiger partial charge in [0.15, 0.2) is 0 Å². The third-order valence-corrected chi connectivity index (χ3v) is 3.41. The molecular weight excluding hydrogens is 264 g/mol. The largest absolute Gasteiger partial charge is 0.0917 e. The molecule has 0 nitrogen and oxygen atoms in total. The van der Waals surface area contributed by atoms with Crippen LogP contribution in [0.2, 0.25) is 0 Å². The van der Waals surface area contributed by atoms with Gasteiger partial charge in [-0.1, -0.05) is 60.4 Å². The van der Waals surface area contributed by atoms with E-state index in [9.17, 15) is 0 Å². The fraction of sp³-hybridized carbons (Fsp3) is 0.182. The summed E-state index contributed by atoms with van der Waals surface area (Å²) in [6.45, 7) is 4.08. The van der Waals surface area contributed by atoms with Crippen molar-refractivity contribution in [3.63, 3.8) is 0 Å². The average Bonchev–Trinajstić information content (AvgIpc) is 2.56. The molecule has 22 heavy (non-hydrogen) atoms. The third kappa shape index (κ3) is 5.11. The molecule has 2 aromatic rings. The van der Waals surface area contributed by atoms with Gasteiger partial charge in [-0.15, -0.1) is 0 Å². The van der Waals surface area contributed by atoms with Crippen molar-refractivity contribution in [1.82, 2.24) is 0 Å². The summed E-state index contributed by atoms with van der Waals surface area (Å²) < 4.78 is 0. The summed E-state index contributed by atoms with van der Waals surface area (Å²) >= 11 is 0. The summed E-state index contributed by atoms with van der Waals surface area (Å²) in [5.74, 6) is 6.44. The number of hydrogen-bond donors (Lipinski definition) is 0. The molecule has 2 aromatic carbocycles. The molecule has 0 unspecified atom stereocenters. The van der Waals surface area contributed by atoms with Gasteiger partial charge in [0.05, 0.1) is 0 Å². The minimum atomic E-state index is 1.05. The Hall–Kier alpha value is -2.52. The number of hydrogen-bond acceptors (Lipinski definition) is 0. The molecule has 0 heterocycles. The van der Waals surface area contributed by atoms with Gasteiger partial charge >= 0.3 is 0 Å². The van der Waals surface area contributed by atoms with Gasteiger partial charge < -0.3 is 0 Å². The first-order valence-electron chi connectivity index (χ1n) is 7.76. The Morgan fingerprint density at radius 3 is 1.91 bits per heavy atom. The lowest BCUT2D eigenvalue weighted by Crippen LogP contribution is -1.84. The van der Waals surface area contributed by atoms with E-state index in [2.05, 4.69) is 85.5 Å². The van der Waals surface area contributed by atoms with Crippen LogP contribution in [0.25, 0.3) is 6.08 Å².